The molecule has 0 aromatic carbocycles. The first kappa shape index (κ1) is 15.0. The number of hydrogen-bond donors (Lipinski definition) is 0. The van der Waals surface area contributed by atoms with Gasteiger partial charge in [-0.25, -0.2) is 0 Å². The summed E-state index contributed by atoms with van der Waals surface area (Å²) < 4.78 is 6.08. The van der Waals surface area contributed by atoms with Gasteiger partial charge in [0.15, 0.2) is 0 Å². The molecular formula is C17H30O2. The summed E-state index contributed by atoms with van der Waals surface area (Å²) in [5.74, 6) is 0.817. The van der Waals surface area contributed by atoms with Crippen LogP contribution in [0.15, 0.2) is 0 Å². The van der Waals surface area contributed by atoms with Gasteiger partial charge in [0.1, 0.15) is 5.78 Å². The Bertz CT molecular complexity index is 273. The molecule has 1 saturated heterocycles. The van der Waals surface area contributed by atoms with Gasteiger partial charge in [-0.1, -0.05) is 45.4 Å². The lowest BCUT2D eigenvalue weighted by atomic mass is 9.74. The Morgan fingerprint density at radius 1 is 1.16 bits per heavy atom. The number of hydrogen-bond acceptors (Lipinski definition) is 2. The maximum absolute atomic E-state index is 12.3. The zero-order chi connectivity index (χ0) is 13.6. The number of carbonyl (C=O) groups is 1. The van der Waals surface area contributed by atoms with E-state index in [0.29, 0.717) is 11.7 Å². The van der Waals surface area contributed by atoms with Gasteiger partial charge in [-0.3, -0.25) is 4.79 Å². The standard InChI is InChI=1S/C17H30O2/c1-2-3-4-6-9-16(18)15-10-13-19-17(14-15)11-7-5-8-12-17/h15H,2-14H2,1H3. The molecule has 2 heteroatoms. The van der Waals surface area contributed by atoms with Crippen LogP contribution in [0, 0.1) is 5.92 Å². The van der Waals surface area contributed by atoms with Crippen LogP contribution in [0.5, 0.6) is 0 Å². The average molecular weight is 266 g/mol. The highest BCUT2D eigenvalue weighted by molar-refractivity contribution is 5.81. The van der Waals surface area contributed by atoms with Gasteiger partial charge in [0, 0.05) is 18.9 Å². The lowest BCUT2D eigenvalue weighted by molar-refractivity contribution is -0.143. The predicted octanol–water partition coefficient (Wildman–Crippen LogP) is 4.66. The molecule has 0 aromatic rings. The van der Waals surface area contributed by atoms with Gasteiger partial charge in [-0.05, 0) is 32.1 Å². The van der Waals surface area contributed by atoms with E-state index in [-0.39, 0.29) is 5.60 Å². The minimum Gasteiger partial charge on any atom is -0.375 e. The quantitative estimate of drug-likeness (QED) is 0.654. The molecular weight excluding hydrogens is 236 g/mol. The molecule has 2 aliphatic rings. The number of Topliss-reactive ketones (excluding diaryl/α,β-unsaturated/α-hetero) is 1. The zero-order valence-corrected chi connectivity index (χ0v) is 12.6. The molecule has 19 heavy (non-hydrogen) atoms. The Hall–Kier alpha value is -0.370. The van der Waals surface area contributed by atoms with Gasteiger partial charge in [0.25, 0.3) is 0 Å². The fourth-order valence-electron chi connectivity index (χ4n) is 3.78. The van der Waals surface area contributed by atoms with Gasteiger partial charge >= 0.3 is 0 Å². The SMILES string of the molecule is CCCCCCC(=O)C1CCOC2(CCCCC2)C1. The predicted molar refractivity (Wildman–Crippen MR) is 78.3 cm³/mol. The van der Waals surface area contributed by atoms with E-state index in [1.54, 1.807) is 0 Å². The Balaban J connectivity index is 1.78. The Morgan fingerprint density at radius 2 is 1.95 bits per heavy atom. The van der Waals surface area contributed by atoms with Crippen LogP contribution in [0.4, 0.5) is 0 Å². The summed E-state index contributed by atoms with van der Waals surface area (Å²) in [7, 11) is 0. The van der Waals surface area contributed by atoms with Crippen molar-refractivity contribution in [2.24, 2.45) is 5.92 Å². The zero-order valence-electron chi connectivity index (χ0n) is 12.6. The highest BCUT2D eigenvalue weighted by Gasteiger charge is 2.40. The van der Waals surface area contributed by atoms with E-state index in [9.17, 15) is 4.79 Å². The summed E-state index contributed by atoms with van der Waals surface area (Å²) in [5.41, 5.74) is 0.0836. The highest BCUT2D eigenvalue weighted by atomic mass is 16.5. The van der Waals surface area contributed by atoms with Crippen LogP contribution in [0.3, 0.4) is 0 Å². The number of rotatable bonds is 6. The van der Waals surface area contributed by atoms with Gasteiger partial charge < -0.3 is 4.74 Å². The first-order chi connectivity index (χ1) is 9.26. The molecule has 0 aromatic heterocycles. The van der Waals surface area contributed by atoms with Crippen molar-refractivity contribution in [1.82, 2.24) is 0 Å². The average Bonchev–Trinajstić information content (AvgIpc) is 2.44. The van der Waals surface area contributed by atoms with Gasteiger partial charge in [-0.15, -0.1) is 0 Å². The Labute approximate surface area is 118 Å². The molecule has 2 fully saturated rings. The van der Waals surface area contributed by atoms with E-state index in [1.807, 2.05) is 0 Å². The van der Waals surface area contributed by atoms with Crippen molar-refractivity contribution in [3.8, 4) is 0 Å². The number of unbranched alkanes of at least 4 members (excludes halogenated alkanes) is 3. The van der Waals surface area contributed by atoms with E-state index in [1.165, 1.54) is 51.4 Å². The molecule has 1 aliphatic heterocycles. The summed E-state index contributed by atoms with van der Waals surface area (Å²) in [4.78, 5) is 12.3. The monoisotopic (exact) mass is 266 g/mol. The van der Waals surface area contributed by atoms with E-state index in [0.717, 1.165) is 32.3 Å². The molecule has 1 atom stereocenters. The summed E-state index contributed by atoms with van der Waals surface area (Å²) in [6, 6.07) is 0. The minimum atomic E-state index is 0.0836. The van der Waals surface area contributed by atoms with Crippen LogP contribution in [0.2, 0.25) is 0 Å². The Kier molecular flexibility index (Phi) is 5.87. The molecule has 2 rings (SSSR count). The molecule has 1 spiro atoms. The summed E-state index contributed by atoms with van der Waals surface area (Å²) in [6.45, 7) is 3.03. The van der Waals surface area contributed by atoms with Crippen LogP contribution < -0.4 is 0 Å². The first-order valence-corrected chi connectivity index (χ1v) is 8.42. The molecule has 0 N–H and O–H groups in total. The third kappa shape index (κ3) is 4.30. The first-order valence-electron chi connectivity index (χ1n) is 8.42. The van der Waals surface area contributed by atoms with E-state index < -0.39 is 0 Å². The van der Waals surface area contributed by atoms with Crippen molar-refractivity contribution in [3.05, 3.63) is 0 Å². The summed E-state index contributed by atoms with van der Waals surface area (Å²) >= 11 is 0. The lowest BCUT2D eigenvalue weighted by Gasteiger charge is -2.43. The molecule has 1 unspecified atom stereocenters. The van der Waals surface area contributed by atoms with E-state index in [2.05, 4.69) is 6.92 Å². The maximum Gasteiger partial charge on any atom is 0.136 e. The fraction of sp³-hybridized carbons (Fsp3) is 0.941. The topological polar surface area (TPSA) is 26.3 Å². The van der Waals surface area contributed by atoms with E-state index >= 15 is 0 Å². The molecule has 1 saturated carbocycles. The van der Waals surface area contributed by atoms with E-state index in [4.69, 9.17) is 4.74 Å². The van der Waals surface area contributed by atoms with Crippen LogP contribution in [-0.4, -0.2) is 18.0 Å². The second kappa shape index (κ2) is 7.42. The van der Waals surface area contributed by atoms with Crippen molar-refractivity contribution in [2.75, 3.05) is 6.61 Å². The molecule has 110 valence electrons. The van der Waals surface area contributed by atoms with Crippen LogP contribution in [0.25, 0.3) is 0 Å². The molecule has 0 radical (unpaired) electrons. The number of ketones is 1. The fourth-order valence-corrected chi connectivity index (χ4v) is 3.78. The molecule has 1 aliphatic carbocycles. The number of carbonyl (C=O) groups excluding carboxylic acids is 1. The van der Waals surface area contributed by atoms with Crippen molar-refractivity contribution < 1.29 is 9.53 Å². The van der Waals surface area contributed by atoms with Crippen molar-refractivity contribution in [3.63, 3.8) is 0 Å². The third-order valence-corrected chi connectivity index (χ3v) is 4.99. The highest BCUT2D eigenvalue weighted by Crippen LogP contribution is 2.41. The lowest BCUT2D eigenvalue weighted by Crippen LogP contribution is -2.43. The third-order valence-electron chi connectivity index (χ3n) is 4.99. The van der Waals surface area contributed by atoms with Crippen LogP contribution >= 0.6 is 0 Å². The summed E-state index contributed by atoms with van der Waals surface area (Å²) in [6.07, 6.45) is 13.9. The molecule has 0 amide bonds. The van der Waals surface area contributed by atoms with Crippen molar-refractivity contribution in [1.29, 1.82) is 0 Å². The maximum atomic E-state index is 12.3. The summed E-state index contributed by atoms with van der Waals surface area (Å²) in [5, 5.41) is 0. The number of ether oxygens (including phenoxy) is 1. The van der Waals surface area contributed by atoms with Crippen LogP contribution in [-0.2, 0) is 9.53 Å². The van der Waals surface area contributed by atoms with Gasteiger partial charge in [-0.2, -0.15) is 0 Å². The normalized spacial score (nSPS) is 26.5. The van der Waals surface area contributed by atoms with Gasteiger partial charge in [0.2, 0.25) is 0 Å². The smallest absolute Gasteiger partial charge is 0.136 e. The molecule has 2 nitrogen and oxygen atoms in total. The molecule has 1 heterocycles. The second-order valence-corrected chi connectivity index (χ2v) is 6.56. The van der Waals surface area contributed by atoms with Crippen molar-refractivity contribution >= 4 is 5.78 Å². The van der Waals surface area contributed by atoms with Crippen molar-refractivity contribution in [2.45, 2.75) is 89.6 Å². The minimum absolute atomic E-state index is 0.0836. The second-order valence-electron chi connectivity index (χ2n) is 6.56. The largest absolute Gasteiger partial charge is 0.375 e. The van der Waals surface area contributed by atoms with Gasteiger partial charge in [0.05, 0.1) is 5.60 Å². The Morgan fingerprint density at radius 3 is 2.68 bits per heavy atom. The van der Waals surface area contributed by atoms with Crippen LogP contribution in [0.1, 0.15) is 84.0 Å². The molecule has 0 bridgehead atoms.